The van der Waals surface area contributed by atoms with Gasteiger partial charge in [0.15, 0.2) is 6.10 Å². The molecule has 0 aliphatic heterocycles. The molecule has 7 nitrogen and oxygen atoms in total. The number of carbonyl (C=O) groups excluding carboxylic acids is 3. The minimum atomic E-state index is -1.12. The Bertz CT molecular complexity index is 518. The molecule has 1 aromatic rings. The fourth-order valence-corrected chi connectivity index (χ4v) is 1.18. The Kier molecular flexibility index (Phi) is 4.87. The first-order valence-corrected chi connectivity index (χ1v) is 5.44. The summed E-state index contributed by atoms with van der Waals surface area (Å²) in [4.78, 5) is 33.0. The van der Waals surface area contributed by atoms with Gasteiger partial charge in [-0.25, -0.2) is 9.59 Å². The van der Waals surface area contributed by atoms with Crippen LogP contribution < -0.4 is 11.1 Å². The number of amides is 3. The Morgan fingerprint density at radius 2 is 2.11 bits per heavy atom. The first-order chi connectivity index (χ1) is 8.88. The highest BCUT2D eigenvalue weighted by Crippen LogP contribution is 2.08. The average molecular weight is 266 g/mol. The number of furan rings is 1. The molecule has 1 heterocycles. The lowest BCUT2D eigenvalue weighted by Crippen LogP contribution is -2.42. The minimum Gasteiger partial charge on any atom is -0.462 e. The predicted octanol–water partition coefficient (Wildman–Crippen LogP) is 0.728. The van der Waals surface area contributed by atoms with Crippen molar-refractivity contribution in [2.75, 3.05) is 0 Å². The molecule has 1 rings (SSSR count). The van der Waals surface area contributed by atoms with Crippen molar-refractivity contribution < 1.29 is 23.5 Å². The van der Waals surface area contributed by atoms with Crippen molar-refractivity contribution in [3.63, 3.8) is 0 Å². The SMILES string of the molecule is Cc1ccc(/C=C/C(=O)OC(C)C(=O)NC(N)=O)o1. The molecule has 1 atom stereocenters. The third-order valence-corrected chi connectivity index (χ3v) is 2.05. The van der Waals surface area contributed by atoms with Gasteiger partial charge in [0.05, 0.1) is 0 Å². The summed E-state index contributed by atoms with van der Waals surface area (Å²) in [5, 5.41) is 1.81. The molecule has 1 aromatic heterocycles. The maximum absolute atomic E-state index is 11.4. The number of hydrogen-bond donors (Lipinski definition) is 2. The van der Waals surface area contributed by atoms with Crippen molar-refractivity contribution in [1.82, 2.24) is 5.32 Å². The standard InChI is InChI=1S/C12H14N2O5/c1-7-3-4-9(18-7)5-6-10(15)19-8(2)11(16)14-12(13)17/h3-6,8H,1-2H3,(H3,13,14,16,17)/b6-5+. The second-order valence-corrected chi connectivity index (χ2v) is 3.71. The van der Waals surface area contributed by atoms with E-state index in [-0.39, 0.29) is 0 Å². The summed E-state index contributed by atoms with van der Waals surface area (Å²) in [5.41, 5.74) is 4.76. The van der Waals surface area contributed by atoms with Gasteiger partial charge in [0.2, 0.25) is 0 Å². The average Bonchev–Trinajstić information content (AvgIpc) is 2.71. The lowest BCUT2D eigenvalue weighted by atomic mass is 10.3. The predicted molar refractivity (Wildman–Crippen MR) is 65.8 cm³/mol. The number of aryl methyl sites for hydroxylation is 1. The number of carbonyl (C=O) groups is 3. The van der Waals surface area contributed by atoms with Crippen molar-refractivity contribution in [3.05, 3.63) is 29.7 Å². The van der Waals surface area contributed by atoms with Crippen LogP contribution in [0.3, 0.4) is 0 Å². The molecule has 0 aliphatic rings. The van der Waals surface area contributed by atoms with E-state index in [0.29, 0.717) is 11.5 Å². The number of ether oxygens (including phenoxy) is 1. The fraction of sp³-hybridized carbons (Fsp3) is 0.250. The molecule has 0 spiro atoms. The largest absolute Gasteiger partial charge is 0.462 e. The highest BCUT2D eigenvalue weighted by molar-refractivity contribution is 5.97. The van der Waals surface area contributed by atoms with Crippen LogP contribution in [0, 0.1) is 6.92 Å². The Hall–Kier alpha value is -2.57. The van der Waals surface area contributed by atoms with E-state index in [4.69, 9.17) is 14.9 Å². The van der Waals surface area contributed by atoms with Crippen LogP contribution in [-0.2, 0) is 14.3 Å². The molecule has 102 valence electrons. The highest BCUT2D eigenvalue weighted by atomic mass is 16.5. The molecular formula is C12H14N2O5. The Labute approximate surface area is 109 Å². The number of urea groups is 1. The van der Waals surface area contributed by atoms with Crippen LogP contribution in [0.15, 0.2) is 22.6 Å². The van der Waals surface area contributed by atoms with E-state index >= 15 is 0 Å². The Balaban J connectivity index is 2.48. The van der Waals surface area contributed by atoms with Crippen LogP contribution in [0.2, 0.25) is 0 Å². The van der Waals surface area contributed by atoms with E-state index in [1.807, 2.05) is 0 Å². The van der Waals surface area contributed by atoms with Crippen molar-refractivity contribution >= 4 is 24.0 Å². The summed E-state index contributed by atoms with van der Waals surface area (Å²) in [5.74, 6) is -0.324. The summed E-state index contributed by atoms with van der Waals surface area (Å²) >= 11 is 0. The van der Waals surface area contributed by atoms with E-state index in [9.17, 15) is 14.4 Å². The molecule has 0 saturated carbocycles. The summed E-state index contributed by atoms with van der Waals surface area (Å²) in [6.07, 6.45) is 1.41. The third-order valence-electron chi connectivity index (χ3n) is 2.05. The zero-order valence-corrected chi connectivity index (χ0v) is 10.5. The van der Waals surface area contributed by atoms with E-state index < -0.39 is 24.0 Å². The lowest BCUT2D eigenvalue weighted by Gasteiger charge is -2.09. The van der Waals surface area contributed by atoms with Gasteiger partial charge in [0.25, 0.3) is 5.91 Å². The smallest absolute Gasteiger partial charge is 0.331 e. The number of primary amides is 1. The van der Waals surface area contributed by atoms with Crippen LogP contribution in [0.5, 0.6) is 0 Å². The highest BCUT2D eigenvalue weighted by Gasteiger charge is 2.17. The van der Waals surface area contributed by atoms with Gasteiger partial charge >= 0.3 is 12.0 Å². The second kappa shape index (κ2) is 6.39. The van der Waals surface area contributed by atoms with Crippen LogP contribution >= 0.6 is 0 Å². The molecule has 0 radical (unpaired) electrons. The molecule has 19 heavy (non-hydrogen) atoms. The van der Waals surface area contributed by atoms with E-state index in [2.05, 4.69) is 0 Å². The lowest BCUT2D eigenvalue weighted by molar-refractivity contribution is -0.149. The van der Waals surface area contributed by atoms with Gasteiger partial charge < -0.3 is 14.9 Å². The van der Waals surface area contributed by atoms with Crippen molar-refractivity contribution in [2.24, 2.45) is 5.73 Å². The number of imide groups is 1. The molecule has 0 saturated heterocycles. The number of nitrogens with two attached hydrogens (primary N) is 1. The maximum atomic E-state index is 11.4. The Morgan fingerprint density at radius 3 is 2.63 bits per heavy atom. The minimum absolute atomic E-state index is 0.490. The molecule has 0 aromatic carbocycles. The van der Waals surface area contributed by atoms with E-state index in [0.717, 1.165) is 6.08 Å². The summed E-state index contributed by atoms with van der Waals surface area (Å²) < 4.78 is 9.96. The molecule has 3 N–H and O–H groups in total. The van der Waals surface area contributed by atoms with Gasteiger partial charge in [-0.2, -0.15) is 0 Å². The first kappa shape index (κ1) is 14.5. The molecular weight excluding hydrogens is 252 g/mol. The second-order valence-electron chi connectivity index (χ2n) is 3.71. The molecule has 7 heteroatoms. The molecule has 1 unspecified atom stereocenters. The maximum Gasteiger partial charge on any atom is 0.331 e. The third kappa shape index (κ3) is 5.07. The number of hydrogen-bond acceptors (Lipinski definition) is 5. The zero-order chi connectivity index (χ0) is 14.4. The Morgan fingerprint density at radius 1 is 1.42 bits per heavy atom. The van der Waals surface area contributed by atoms with Gasteiger partial charge in [-0.15, -0.1) is 0 Å². The van der Waals surface area contributed by atoms with Crippen molar-refractivity contribution in [2.45, 2.75) is 20.0 Å². The molecule has 0 aliphatic carbocycles. The van der Waals surface area contributed by atoms with Crippen LogP contribution in [0.25, 0.3) is 6.08 Å². The zero-order valence-electron chi connectivity index (χ0n) is 10.5. The quantitative estimate of drug-likeness (QED) is 0.616. The number of esters is 1. The van der Waals surface area contributed by atoms with Gasteiger partial charge in [0.1, 0.15) is 11.5 Å². The van der Waals surface area contributed by atoms with Crippen molar-refractivity contribution in [1.29, 1.82) is 0 Å². The normalized spacial score (nSPS) is 12.1. The number of nitrogens with one attached hydrogen (secondary N) is 1. The van der Waals surface area contributed by atoms with Crippen molar-refractivity contribution in [3.8, 4) is 0 Å². The van der Waals surface area contributed by atoms with Crippen LogP contribution in [0.1, 0.15) is 18.4 Å². The van der Waals surface area contributed by atoms with Gasteiger partial charge in [-0.3, -0.25) is 10.1 Å². The number of rotatable bonds is 4. The van der Waals surface area contributed by atoms with Crippen LogP contribution in [0.4, 0.5) is 4.79 Å². The summed E-state index contributed by atoms with van der Waals surface area (Å²) in [6.45, 7) is 3.09. The van der Waals surface area contributed by atoms with E-state index in [1.54, 1.807) is 24.4 Å². The van der Waals surface area contributed by atoms with Gasteiger partial charge in [-0.1, -0.05) is 0 Å². The monoisotopic (exact) mass is 266 g/mol. The van der Waals surface area contributed by atoms with Crippen LogP contribution in [-0.4, -0.2) is 24.0 Å². The fourth-order valence-electron chi connectivity index (χ4n) is 1.18. The van der Waals surface area contributed by atoms with E-state index in [1.165, 1.54) is 13.0 Å². The van der Waals surface area contributed by atoms with Gasteiger partial charge in [-0.05, 0) is 32.1 Å². The molecule has 3 amide bonds. The first-order valence-electron chi connectivity index (χ1n) is 5.44. The molecule has 0 bridgehead atoms. The summed E-state index contributed by atoms with van der Waals surface area (Å²) in [6, 6.07) is 2.42. The topological polar surface area (TPSA) is 112 Å². The van der Waals surface area contributed by atoms with Gasteiger partial charge in [0, 0.05) is 6.08 Å². The molecule has 0 fully saturated rings. The summed E-state index contributed by atoms with van der Waals surface area (Å²) in [7, 11) is 0.